The maximum atomic E-state index is 5.45. The first-order chi connectivity index (χ1) is 10.4. The van der Waals surface area contributed by atoms with Gasteiger partial charge in [0.2, 0.25) is 0 Å². The minimum Gasteiger partial charge on any atom is -0.381 e. The molecule has 1 unspecified atom stereocenters. The first kappa shape index (κ1) is 13.9. The molecule has 3 heterocycles. The van der Waals surface area contributed by atoms with Crippen LogP contribution in [0.25, 0.3) is 0 Å². The number of hydrogen-bond acceptors (Lipinski definition) is 5. The van der Waals surface area contributed by atoms with Crippen LogP contribution in [-0.4, -0.2) is 34.7 Å². The first-order valence-corrected chi connectivity index (χ1v) is 7.40. The van der Waals surface area contributed by atoms with E-state index in [1.165, 1.54) is 5.56 Å². The lowest BCUT2D eigenvalue weighted by atomic mass is 10.0. The summed E-state index contributed by atoms with van der Waals surface area (Å²) >= 11 is 0. The molecule has 2 aromatic rings. The van der Waals surface area contributed by atoms with Crippen LogP contribution in [0.4, 0.5) is 5.82 Å². The molecule has 1 fully saturated rings. The van der Waals surface area contributed by atoms with Crippen LogP contribution >= 0.6 is 0 Å². The number of rotatable bonds is 5. The van der Waals surface area contributed by atoms with E-state index < -0.39 is 0 Å². The minimum atomic E-state index is 0.409. The van der Waals surface area contributed by atoms with Crippen molar-refractivity contribution >= 4 is 5.82 Å². The Labute approximate surface area is 125 Å². The van der Waals surface area contributed by atoms with Crippen LogP contribution in [0.3, 0.4) is 0 Å². The monoisotopic (exact) mass is 284 g/mol. The fourth-order valence-electron chi connectivity index (χ4n) is 2.59. The second-order valence-corrected chi connectivity index (χ2v) is 5.23. The van der Waals surface area contributed by atoms with Crippen LogP contribution < -0.4 is 4.90 Å². The van der Waals surface area contributed by atoms with Gasteiger partial charge in [0.1, 0.15) is 12.1 Å². The van der Waals surface area contributed by atoms with Gasteiger partial charge in [-0.25, -0.2) is 9.97 Å². The molecule has 2 aromatic heterocycles. The Morgan fingerprint density at radius 3 is 2.86 bits per heavy atom. The van der Waals surface area contributed by atoms with Gasteiger partial charge in [0.05, 0.1) is 12.3 Å². The van der Waals surface area contributed by atoms with E-state index in [0.717, 1.165) is 44.2 Å². The molecule has 3 rings (SSSR count). The molecule has 1 aliphatic heterocycles. The van der Waals surface area contributed by atoms with Crippen LogP contribution in [0.5, 0.6) is 0 Å². The van der Waals surface area contributed by atoms with Gasteiger partial charge in [-0.2, -0.15) is 0 Å². The fraction of sp³-hybridized carbons (Fsp3) is 0.438. The molecule has 1 atom stereocenters. The lowest BCUT2D eigenvalue weighted by Crippen LogP contribution is -2.23. The van der Waals surface area contributed by atoms with Crippen molar-refractivity contribution in [3.05, 3.63) is 48.2 Å². The summed E-state index contributed by atoms with van der Waals surface area (Å²) in [6.45, 7) is 5.48. The van der Waals surface area contributed by atoms with E-state index in [-0.39, 0.29) is 0 Å². The van der Waals surface area contributed by atoms with Crippen molar-refractivity contribution in [2.24, 2.45) is 0 Å². The van der Waals surface area contributed by atoms with E-state index in [2.05, 4.69) is 32.8 Å². The van der Waals surface area contributed by atoms with Crippen molar-refractivity contribution in [3.63, 3.8) is 0 Å². The van der Waals surface area contributed by atoms with E-state index in [4.69, 9.17) is 4.74 Å². The number of aromatic nitrogens is 3. The highest BCUT2D eigenvalue weighted by molar-refractivity contribution is 5.40. The first-order valence-electron chi connectivity index (χ1n) is 7.40. The van der Waals surface area contributed by atoms with Crippen LogP contribution in [-0.2, 0) is 11.3 Å². The second kappa shape index (κ2) is 6.63. The van der Waals surface area contributed by atoms with E-state index in [0.29, 0.717) is 5.92 Å². The minimum absolute atomic E-state index is 0.409. The van der Waals surface area contributed by atoms with Gasteiger partial charge in [0.25, 0.3) is 0 Å². The third-order valence-electron chi connectivity index (χ3n) is 3.85. The zero-order valence-electron chi connectivity index (χ0n) is 12.3. The predicted octanol–water partition coefficient (Wildman–Crippen LogP) is 2.40. The van der Waals surface area contributed by atoms with Gasteiger partial charge in [-0.1, -0.05) is 0 Å². The van der Waals surface area contributed by atoms with Crippen molar-refractivity contribution in [3.8, 4) is 0 Å². The van der Waals surface area contributed by atoms with Crippen molar-refractivity contribution in [1.29, 1.82) is 0 Å². The molecule has 0 radical (unpaired) electrons. The molecular formula is C16H20N4O. The Bertz CT molecular complexity index is 569. The Hall–Kier alpha value is -2.01. The lowest BCUT2D eigenvalue weighted by Gasteiger charge is -2.22. The smallest absolute Gasteiger partial charge is 0.132 e. The van der Waals surface area contributed by atoms with Gasteiger partial charge in [-0.3, -0.25) is 4.98 Å². The molecule has 0 N–H and O–H groups in total. The van der Waals surface area contributed by atoms with Gasteiger partial charge >= 0.3 is 0 Å². The van der Waals surface area contributed by atoms with Crippen molar-refractivity contribution in [2.75, 3.05) is 24.7 Å². The topological polar surface area (TPSA) is 51.1 Å². The summed E-state index contributed by atoms with van der Waals surface area (Å²) in [6, 6.07) is 6.18. The van der Waals surface area contributed by atoms with Crippen molar-refractivity contribution in [2.45, 2.75) is 25.8 Å². The van der Waals surface area contributed by atoms with E-state index in [9.17, 15) is 0 Å². The highest BCUT2D eigenvalue weighted by Gasteiger charge is 2.20. The number of hydrogen-bond donors (Lipinski definition) is 0. The highest BCUT2D eigenvalue weighted by Crippen LogP contribution is 2.25. The van der Waals surface area contributed by atoms with Crippen LogP contribution in [0.15, 0.2) is 36.9 Å². The van der Waals surface area contributed by atoms with E-state index in [1.807, 2.05) is 24.5 Å². The molecule has 0 aromatic carbocycles. The van der Waals surface area contributed by atoms with Crippen molar-refractivity contribution < 1.29 is 4.74 Å². The van der Waals surface area contributed by atoms with Gasteiger partial charge in [0, 0.05) is 44.1 Å². The quantitative estimate of drug-likeness (QED) is 0.844. The molecule has 0 aliphatic carbocycles. The Morgan fingerprint density at radius 2 is 2.14 bits per heavy atom. The lowest BCUT2D eigenvalue weighted by molar-refractivity contribution is 0.193. The molecule has 21 heavy (non-hydrogen) atoms. The normalized spacial score (nSPS) is 17.9. The van der Waals surface area contributed by atoms with Crippen LogP contribution in [0.1, 0.15) is 30.5 Å². The van der Waals surface area contributed by atoms with Gasteiger partial charge in [0.15, 0.2) is 0 Å². The highest BCUT2D eigenvalue weighted by atomic mass is 16.5. The number of pyridine rings is 1. The maximum Gasteiger partial charge on any atom is 0.132 e. The molecule has 5 nitrogen and oxygen atoms in total. The van der Waals surface area contributed by atoms with Crippen LogP contribution in [0, 0.1) is 0 Å². The summed E-state index contributed by atoms with van der Waals surface area (Å²) in [4.78, 5) is 15.2. The summed E-state index contributed by atoms with van der Waals surface area (Å²) in [6.07, 6.45) is 6.36. The van der Waals surface area contributed by atoms with E-state index in [1.54, 1.807) is 6.33 Å². The van der Waals surface area contributed by atoms with Gasteiger partial charge in [-0.15, -0.1) is 0 Å². The van der Waals surface area contributed by atoms with Gasteiger partial charge in [-0.05, 0) is 31.0 Å². The molecule has 0 spiro atoms. The number of nitrogens with zero attached hydrogens (tertiary/aromatic N) is 4. The Morgan fingerprint density at radius 1 is 1.29 bits per heavy atom. The molecule has 5 heteroatoms. The summed E-state index contributed by atoms with van der Waals surface area (Å²) in [5, 5.41) is 0. The number of ether oxygens (including phenoxy) is 1. The average molecular weight is 284 g/mol. The van der Waals surface area contributed by atoms with Crippen LogP contribution in [0.2, 0.25) is 0 Å². The molecule has 110 valence electrons. The predicted molar refractivity (Wildman–Crippen MR) is 81.2 cm³/mol. The van der Waals surface area contributed by atoms with Gasteiger partial charge < -0.3 is 9.64 Å². The SMILES string of the molecule is CCN(Cc1ccncc1)c1cc(C2CCOC2)ncn1. The standard InChI is InChI=1S/C16H20N4O/c1-2-20(10-13-3-6-17-7-4-13)16-9-15(18-12-19-16)14-5-8-21-11-14/h3-4,6-7,9,12,14H,2,5,8,10-11H2,1H3. The zero-order valence-corrected chi connectivity index (χ0v) is 12.3. The summed E-state index contributed by atoms with van der Waals surface area (Å²) < 4.78 is 5.45. The molecule has 1 saturated heterocycles. The summed E-state index contributed by atoms with van der Waals surface area (Å²) in [5.74, 6) is 1.39. The Kier molecular flexibility index (Phi) is 4.40. The average Bonchev–Trinajstić information content (AvgIpc) is 3.08. The largest absolute Gasteiger partial charge is 0.381 e. The zero-order chi connectivity index (χ0) is 14.5. The van der Waals surface area contributed by atoms with E-state index >= 15 is 0 Å². The van der Waals surface area contributed by atoms with Crippen molar-refractivity contribution in [1.82, 2.24) is 15.0 Å². The number of anilines is 1. The molecule has 1 aliphatic rings. The molecule has 0 amide bonds. The summed E-state index contributed by atoms with van der Waals surface area (Å²) in [7, 11) is 0. The Balaban J connectivity index is 1.78. The second-order valence-electron chi connectivity index (χ2n) is 5.23. The third-order valence-corrected chi connectivity index (χ3v) is 3.85. The summed E-state index contributed by atoms with van der Waals surface area (Å²) in [5.41, 5.74) is 2.32. The molecular weight excluding hydrogens is 264 g/mol. The fourth-order valence-corrected chi connectivity index (χ4v) is 2.59. The third kappa shape index (κ3) is 3.36. The molecule has 0 bridgehead atoms. The molecule has 0 saturated carbocycles. The maximum absolute atomic E-state index is 5.45.